The average molecular weight is 853 g/mol. The normalized spacial score (nSPS) is 12.6. The first-order valence-corrected chi connectivity index (χ1v) is 26.3. The van der Waals surface area contributed by atoms with E-state index in [9.17, 15) is 14.7 Å². The molecule has 1 atom stereocenters. The molecular formula is C56H100O5. The molecule has 0 aromatic rings. The Morgan fingerprint density at radius 2 is 0.705 bits per heavy atom. The van der Waals surface area contributed by atoms with Crippen molar-refractivity contribution in [2.75, 3.05) is 13.2 Å². The van der Waals surface area contributed by atoms with Crippen molar-refractivity contribution in [2.24, 2.45) is 0 Å². The van der Waals surface area contributed by atoms with Gasteiger partial charge < -0.3 is 14.6 Å². The van der Waals surface area contributed by atoms with Gasteiger partial charge in [0.2, 0.25) is 0 Å². The fourth-order valence-corrected chi connectivity index (χ4v) is 7.64. The zero-order valence-corrected chi connectivity index (χ0v) is 40.4. The smallest absolute Gasteiger partial charge is 0.306 e. The monoisotopic (exact) mass is 853 g/mol. The van der Waals surface area contributed by atoms with E-state index >= 15 is 0 Å². The van der Waals surface area contributed by atoms with Gasteiger partial charge in [0.05, 0.1) is 6.61 Å². The van der Waals surface area contributed by atoms with Crippen molar-refractivity contribution in [3.05, 3.63) is 60.8 Å². The molecule has 0 rings (SSSR count). The van der Waals surface area contributed by atoms with Crippen molar-refractivity contribution in [2.45, 2.75) is 270 Å². The lowest BCUT2D eigenvalue weighted by Gasteiger charge is -2.15. The van der Waals surface area contributed by atoms with Gasteiger partial charge in [-0.2, -0.15) is 0 Å². The summed E-state index contributed by atoms with van der Waals surface area (Å²) in [4.78, 5) is 24.4. The van der Waals surface area contributed by atoms with Gasteiger partial charge >= 0.3 is 11.9 Å². The lowest BCUT2D eigenvalue weighted by molar-refractivity contribution is -0.161. The van der Waals surface area contributed by atoms with E-state index in [0.29, 0.717) is 12.8 Å². The van der Waals surface area contributed by atoms with Crippen LogP contribution in [0.1, 0.15) is 264 Å². The quantitative estimate of drug-likeness (QED) is 0.0375. The highest BCUT2D eigenvalue weighted by Crippen LogP contribution is 2.17. The highest BCUT2D eigenvalue weighted by atomic mass is 16.6. The third kappa shape index (κ3) is 50.1. The van der Waals surface area contributed by atoms with Gasteiger partial charge in [0, 0.05) is 12.8 Å². The Morgan fingerprint density at radius 3 is 1.07 bits per heavy atom. The van der Waals surface area contributed by atoms with E-state index in [-0.39, 0.29) is 25.2 Å². The first-order valence-electron chi connectivity index (χ1n) is 26.3. The third-order valence-electron chi connectivity index (χ3n) is 11.6. The number of hydrogen-bond acceptors (Lipinski definition) is 5. The Hall–Kier alpha value is -2.40. The van der Waals surface area contributed by atoms with E-state index in [1.165, 1.54) is 161 Å². The summed E-state index contributed by atoms with van der Waals surface area (Å²) in [6.45, 7) is 4.03. The second-order valence-electron chi connectivity index (χ2n) is 17.6. The van der Waals surface area contributed by atoms with Gasteiger partial charge in [0.25, 0.3) is 0 Å². The lowest BCUT2D eigenvalue weighted by atomic mass is 10.0. The number of hydrogen-bond donors (Lipinski definition) is 1. The van der Waals surface area contributed by atoms with Gasteiger partial charge in [-0.15, -0.1) is 0 Å². The number of carbonyl (C=O) groups excluding carboxylic acids is 2. The van der Waals surface area contributed by atoms with Gasteiger partial charge in [-0.3, -0.25) is 9.59 Å². The summed E-state index contributed by atoms with van der Waals surface area (Å²) >= 11 is 0. The summed E-state index contributed by atoms with van der Waals surface area (Å²) in [7, 11) is 0. The van der Waals surface area contributed by atoms with E-state index in [1.54, 1.807) is 0 Å². The van der Waals surface area contributed by atoms with Crippen LogP contribution in [0.4, 0.5) is 0 Å². The summed E-state index contributed by atoms with van der Waals surface area (Å²) in [5, 5.41) is 9.62. The van der Waals surface area contributed by atoms with Crippen LogP contribution in [0, 0.1) is 0 Å². The van der Waals surface area contributed by atoms with E-state index in [2.05, 4.69) is 74.6 Å². The Morgan fingerprint density at radius 1 is 0.393 bits per heavy atom. The molecule has 5 nitrogen and oxygen atoms in total. The number of rotatable bonds is 48. The van der Waals surface area contributed by atoms with E-state index in [4.69, 9.17) is 9.47 Å². The number of allylic oxidation sites excluding steroid dienone is 10. The first-order chi connectivity index (χ1) is 30.1. The maximum absolute atomic E-state index is 12.2. The average Bonchev–Trinajstić information content (AvgIpc) is 3.26. The fourth-order valence-electron chi connectivity index (χ4n) is 7.64. The molecule has 0 bridgehead atoms. The molecule has 0 aromatic carbocycles. The van der Waals surface area contributed by atoms with Crippen LogP contribution in [0.5, 0.6) is 0 Å². The van der Waals surface area contributed by atoms with Gasteiger partial charge in [-0.25, -0.2) is 0 Å². The molecule has 0 saturated carbocycles. The van der Waals surface area contributed by atoms with Gasteiger partial charge in [0.15, 0.2) is 6.10 Å². The van der Waals surface area contributed by atoms with Crippen molar-refractivity contribution < 1.29 is 24.2 Å². The Labute approximate surface area is 379 Å². The first kappa shape index (κ1) is 58.6. The topological polar surface area (TPSA) is 72.8 Å². The van der Waals surface area contributed by atoms with Gasteiger partial charge in [-0.05, 0) is 57.8 Å². The van der Waals surface area contributed by atoms with Gasteiger partial charge in [0.1, 0.15) is 6.61 Å². The Bertz CT molecular complexity index is 1060. The van der Waals surface area contributed by atoms with Crippen molar-refractivity contribution >= 4 is 11.9 Å². The highest BCUT2D eigenvalue weighted by molar-refractivity contribution is 5.70. The van der Waals surface area contributed by atoms with Gasteiger partial charge in [-0.1, -0.05) is 254 Å². The Balaban J connectivity index is 3.49. The number of carbonyl (C=O) groups is 2. The molecule has 61 heavy (non-hydrogen) atoms. The number of aliphatic hydroxyl groups excluding tert-OH is 1. The van der Waals surface area contributed by atoms with Crippen molar-refractivity contribution in [3.63, 3.8) is 0 Å². The van der Waals surface area contributed by atoms with Crippen LogP contribution in [0.2, 0.25) is 0 Å². The molecule has 1 unspecified atom stereocenters. The lowest BCUT2D eigenvalue weighted by Crippen LogP contribution is -2.28. The molecule has 0 aliphatic carbocycles. The second-order valence-corrected chi connectivity index (χ2v) is 17.6. The fraction of sp³-hybridized carbons (Fsp3) is 0.786. The van der Waals surface area contributed by atoms with Crippen LogP contribution in [-0.2, 0) is 19.1 Å². The number of aliphatic hydroxyl groups is 1. The SMILES string of the molecule is CC/C=C\C/C=C\C/C=C\C/C=C\C/C=C\CCCCCC(=O)OC(CO)COC(=O)CCCCCCCCCCCCCCCCCCCCCCCCCCCCCC. The molecule has 0 aromatic heterocycles. The van der Waals surface area contributed by atoms with E-state index in [0.717, 1.165) is 77.0 Å². The number of unbranched alkanes of at least 4 members (excludes halogenated alkanes) is 30. The van der Waals surface area contributed by atoms with E-state index in [1.807, 2.05) is 0 Å². The predicted molar refractivity (Wildman–Crippen MR) is 265 cm³/mol. The molecule has 0 aliphatic heterocycles. The standard InChI is InChI=1S/C56H100O5/c1-3-5-7-9-11-13-15-17-19-21-23-24-25-26-27-28-29-30-31-33-34-36-38-40-42-44-46-48-50-55(58)60-53-54(52-57)61-56(59)51-49-47-45-43-41-39-37-35-32-22-20-18-16-14-12-10-8-6-4-2/h6,8,12,14,18,20,32,35,39,41,54,57H,3-5,7,9-11,13,15-17,19,21-31,33-34,36-38,40,42-53H2,1-2H3/b8-6-,14-12-,20-18-,35-32-,41-39-. The maximum atomic E-state index is 12.2. The molecule has 0 amide bonds. The third-order valence-corrected chi connectivity index (χ3v) is 11.6. The zero-order valence-electron chi connectivity index (χ0n) is 40.4. The van der Waals surface area contributed by atoms with Crippen LogP contribution in [0.15, 0.2) is 60.8 Å². The minimum atomic E-state index is -0.790. The van der Waals surface area contributed by atoms with Crippen molar-refractivity contribution in [1.82, 2.24) is 0 Å². The summed E-state index contributed by atoms with van der Waals surface area (Å²) in [6.07, 6.45) is 69.0. The van der Waals surface area contributed by atoms with Crippen LogP contribution in [0.25, 0.3) is 0 Å². The molecule has 1 N–H and O–H groups in total. The van der Waals surface area contributed by atoms with Crippen LogP contribution >= 0.6 is 0 Å². The Kier molecular flexibility index (Phi) is 49.9. The zero-order chi connectivity index (χ0) is 44.2. The van der Waals surface area contributed by atoms with E-state index < -0.39 is 6.10 Å². The highest BCUT2D eigenvalue weighted by Gasteiger charge is 2.16. The molecule has 5 heteroatoms. The number of ether oxygens (including phenoxy) is 2. The molecule has 0 fully saturated rings. The predicted octanol–water partition coefficient (Wildman–Crippen LogP) is 17.5. The minimum Gasteiger partial charge on any atom is -0.462 e. The second kappa shape index (κ2) is 51.9. The molecule has 0 spiro atoms. The summed E-state index contributed by atoms with van der Waals surface area (Å²) in [5.74, 6) is -0.620. The molecule has 0 heterocycles. The summed E-state index contributed by atoms with van der Waals surface area (Å²) < 4.78 is 10.7. The van der Waals surface area contributed by atoms with Crippen LogP contribution in [0.3, 0.4) is 0 Å². The molecule has 0 aliphatic rings. The largest absolute Gasteiger partial charge is 0.462 e. The minimum absolute atomic E-state index is 0.0787. The number of esters is 2. The maximum Gasteiger partial charge on any atom is 0.306 e. The van der Waals surface area contributed by atoms with Crippen LogP contribution < -0.4 is 0 Å². The molecule has 0 saturated heterocycles. The van der Waals surface area contributed by atoms with Crippen molar-refractivity contribution in [1.29, 1.82) is 0 Å². The van der Waals surface area contributed by atoms with Crippen molar-refractivity contribution in [3.8, 4) is 0 Å². The molecular weight excluding hydrogens is 753 g/mol. The molecule has 354 valence electrons. The molecule has 0 radical (unpaired) electrons. The van der Waals surface area contributed by atoms with Crippen LogP contribution in [-0.4, -0.2) is 36.4 Å². The summed E-state index contributed by atoms with van der Waals surface area (Å²) in [5.41, 5.74) is 0. The summed E-state index contributed by atoms with van der Waals surface area (Å²) in [6, 6.07) is 0.